The van der Waals surface area contributed by atoms with Crippen LogP contribution in [0.1, 0.15) is 93.1 Å². The van der Waals surface area contributed by atoms with Crippen molar-refractivity contribution in [3.05, 3.63) is 144 Å². The van der Waals surface area contributed by atoms with Gasteiger partial charge in [-0.05, 0) is 61.7 Å². The summed E-state index contributed by atoms with van der Waals surface area (Å²) in [6, 6.07) is 22.8. The van der Waals surface area contributed by atoms with Gasteiger partial charge in [-0.2, -0.15) is 0 Å². The highest BCUT2D eigenvalue weighted by atomic mass is 16.6. The Morgan fingerprint density at radius 3 is 2.06 bits per heavy atom. The third-order valence-corrected chi connectivity index (χ3v) is 14.3. The van der Waals surface area contributed by atoms with Gasteiger partial charge in [-0.15, -0.1) is 6.58 Å². The molecule has 1 aliphatic heterocycles. The van der Waals surface area contributed by atoms with Crippen molar-refractivity contribution in [2.75, 3.05) is 6.61 Å². The molecule has 3 aromatic carbocycles. The summed E-state index contributed by atoms with van der Waals surface area (Å²) in [5.41, 5.74) is -7.48. The van der Waals surface area contributed by atoms with Crippen LogP contribution in [0.15, 0.2) is 127 Å². The molecule has 11 atom stereocenters. The molecule has 0 radical (unpaired) electrons. The Balaban J connectivity index is 1.44. The molecule has 69 heavy (non-hydrogen) atoms. The van der Waals surface area contributed by atoms with Gasteiger partial charge in [0, 0.05) is 36.8 Å². The van der Waals surface area contributed by atoms with E-state index in [0.29, 0.717) is 5.56 Å². The predicted octanol–water partition coefficient (Wildman–Crippen LogP) is 5.42. The van der Waals surface area contributed by atoms with E-state index in [9.17, 15) is 39.0 Å². The molecule has 364 valence electrons. The number of esters is 5. The first-order valence-electron chi connectivity index (χ1n) is 22.7. The minimum Gasteiger partial charge on any atom is -0.461 e. The van der Waals surface area contributed by atoms with Crippen LogP contribution in [0.4, 0.5) is 0 Å². The highest BCUT2D eigenvalue weighted by Gasteiger charge is 2.79. The van der Waals surface area contributed by atoms with Gasteiger partial charge in [-0.3, -0.25) is 19.2 Å². The number of rotatable bonds is 14. The van der Waals surface area contributed by atoms with Crippen LogP contribution in [0.25, 0.3) is 0 Å². The van der Waals surface area contributed by atoms with Crippen LogP contribution >= 0.6 is 0 Å². The normalized spacial score (nSPS) is 29.8. The molecule has 4 aliphatic rings. The Labute approximate surface area is 399 Å². The molecule has 3 aromatic rings. The number of benzene rings is 3. The number of carbonyl (C=O) groups excluding carboxylic acids is 7. The molecule has 1 saturated heterocycles. The van der Waals surface area contributed by atoms with Gasteiger partial charge >= 0.3 is 29.8 Å². The molecule has 2 bridgehead atoms. The molecule has 16 heteroatoms. The number of ether oxygens (including phenoxy) is 6. The van der Waals surface area contributed by atoms with E-state index in [-0.39, 0.29) is 41.7 Å². The van der Waals surface area contributed by atoms with E-state index in [1.807, 2.05) is 0 Å². The van der Waals surface area contributed by atoms with Crippen molar-refractivity contribution in [3.8, 4) is 0 Å². The van der Waals surface area contributed by atoms with Crippen LogP contribution in [-0.2, 0) is 52.4 Å². The van der Waals surface area contributed by atoms with Gasteiger partial charge in [0.25, 0.3) is 5.91 Å². The van der Waals surface area contributed by atoms with E-state index < -0.39 is 119 Å². The summed E-state index contributed by atoms with van der Waals surface area (Å²) in [7, 11) is 0. The number of aliphatic hydroxyl groups excluding tert-OH is 1. The monoisotopic (exact) mass is 947 g/mol. The van der Waals surface area contributed by atoms with E-state index in [4.69, 9.17) is 28.4 Å². The van der Waals surface area contributed by atoms with Crippen LogP contribution in [0.2, 0.25) is 0 Å². The maximum absolute atomic E-state index is 16.2. The number of amides is 1. The molecule has 3 aliphatic carbocycles. The minimum atomic E-state index is -2.47. The lowest BCUT2D eigenvalue weighted by Crippen LogP contribution is -2.82. The van der Waals surface area contributed by atoms with Gasteiger partial charge in [0.1, 0.15) is 30.0 Å². The summed E-state index contributed by atoms with van der Waals surface area (Å²) in [4.78, 5) is 99.2. The van der Waals surface area contributed by atoms with E-state index >= 15 is 4.79 Å². The Hall–Kier alpha value is -6.75. The quantitative estimate of drug-likeness (QED) is 0.0794. The molecule has 0 aromatic heterocycles. The molecule has 0 spiro atoms. The first-order valence-corrected chi connectivity index (χ1v) is 22.7. The summed E-state index contributed by atoms with van der Waals surface area (Å²) in [5, 5.41) is 28.6. The third-order valence-electron chi connectivity index (χ3n) is 14.3. The summed E-state index contributed by atoms with van der Waals surface area (Å²) >= 11 is 0. The summed E-state index contributed by atoms with van der Waals surface area (Å²) in [6.45, 7) is 12.0. The lowest BCUT2D eigenvalue weighted by Gasteiger charge is -2.67. The number of Topliss-reactive ketones (excluding diaryl/α,β-unsaturated/α-hetero) is 1. The van der Waals surface area contributed by atoms with Gasteiger partial charge in [-0.1, -0.05) is 92.7 Å². The molecule has 1 heterocycles. The Bertz CT molecular complexity index is 2560. The molecule has 3 N–H and O–H groups in total. The van der Waals surface area contributed by atoms with E-state index in [1.165, 1.54) is 38.1 Å². The maximum atomic E-state index is 16.2. The molecule has 0 unspecified atom stereocenters. The second kappa shape index (κ2) is 19.7. The van der Waals surface area contributed by atoms with Crippen LogP contribution in [0, 0.1) is 16.7 Å². The van der Waals surface area contributed by atoms with E-state index in [2.05, 4.69) is 11.9 Å². The third kappa shape index (κ3) is 9.04. The van der Waals surface area contributed by atoms with E-state index in [0.717, 1.165) is 13.0 Å². The van der Waals surface area contributed by atoms with Gasteiger partial charge in [0.15, 0.2) is 23.6 Å². The van der Waals surface area contributed by atoms with Crippen LogP contribution in [-0.4, -0.2) is 106 Å². The van der Waals surface area contributed by atoms with Gasteiger partial charge in [0.05, 0.1) is 36.0 Å². The second-order valence-electron chi connectivity index (χ2n) is 18.6. The number of hydrogen-bond acceptors (Lipinski definition) is 15. The van der Waals surface area contributed by atoms with Crippen molar-refractivity contribution < 1.29 is 72.2 Å². The van der Waals surface area contributed by atoms with Crippen molar-refractivity contribution in [2.24, 2.45) is 16.7 Å². The predicted molar refractivity (Wildman–Crippen MR) is 246 cm³/mol. The van der Waals surface area contributed by atoms with E-state index in [1.54, 1.807) is 99.6 Å². The van der Waals surface area contributed by atoms with Crippen LogP contribution in [0.3, 0.4) is 0 Å². The number of carbonyl (C=O) groups is 7. The van der Waals surface area contributed by atoms with Crippen LogP contribution in [0.5, 0.6) is 0 Å². The first-order chi connectivity index (χ1) is 32.7. The van der Waals surface area contributed by atoms with Gasteiger partial charge in [-0.25, -0.2) is 14.4 Å². The second-order valence-corrected chi connectivity index (χ2v) is 18.6. The fourth-order valence-corrected chi connectivity index (χ4v) is 10.8. The fraction of sp³-hybridized carbons (Fsp3) is 0.415. The SMILES string of the molecule is C=CCC(=O)O[C@H]1C[C@H]2OC[C@@]2(OC(C)=O)[C@H]2[C@H](OC(=O)c3ccccc3)[C@]3(O)C[C@H](OC(=O)[C@H](O)[C@@H](NC(=O)c4ccccc4)c4ccccc4)C(C)=C([C@@H](OC(=O)/C=C/C)C(=O)[C@]12C)C3(C)C. The van der Waals surface area contributed by atoms with Crippen molar-refractivity contribution in [2.45, 2.75) is 115 Å². The Morgan fingerprint density at radius 1 is 0.884 bits per heavy atom. The first kappa shape index (κ1) is 50.1. The number of nitrogens with one attached hydrogen (secondary N) is 1. The average Bonchev–Trinajstić information content (AvgIpc) is 3.31. The lowest BCUT2D eigenvalue weighted by atomic mass is 9.44. The summed E-state index contributed by atoms with van der Waals surface area (Å²) < 4.78 is 37.1. The Morgan fingerprint density at radius 2 is 1.49 bits per heavy atom. The lowest BCUT2D eigenvalue weighted by molar-refractivity contribution is -0.346. The fourth-order valence-electron chi connectivity index (χ4n) is 10.8. The number of allylic oxidation sites excluding steroid dienone is 1. The summed E-state index contributed by atoms with van der Waals surface area (Å²) in [5.74, 6) is -7.93. The number of aliphatic hydroxyl groups is 2. The average molecular weight is 948 g/mol. The van der Waals surface area contributed by atoms with Crippen LogP contribution < -0.4 is 5.32 Å². The number of fused-ring (bicyclic) bond motifs is 5. The minimum absolute atomic E-state index is 0.0400. The Kier molecular flexibility index (Phi) is 14.3. The molecule has 3 fully saturated rings. The maximum Gasteiger partial charge on any atom is 0.338 e. The molecular weight excluding hydrogens is 891 g/mol. The summed E-state index contributed by atoms with van der Waals surface area (Å²) in [6.07, 6.45) is -7.29. The van der Waals surface area contributed by atoms with Gasteiger partial charge in [0.2, 0.25) is 0 Å². The van der Waals surface area contributed by atoms with Crippen molar-refractivity contribution >= 4 is 41.5 Å². The highest BCUT2D eigenvalue weighted by Crippen LogP contribution is 2.65. The van der Waals surface area contributed by atoms with Gasteiger partial charge < -0.3 is 44.0 Å². The van der Waals surface area contributed by atoms with Crippen molar-refractivity contribution in [1.82, 2.24) is 5.32 Å². The van der Waals surface area contributed by atoms with Crippen molar-refractivity contribution in [3.63, 3.8) is 0 Å². The molecular formula is C53H57NO15. The standard InChI is InChI=1S/C53H57NO15/c1-8-19-38(56)66-36-27-37-52(29-64-37,69-31(4)55)44-46(68-48(61)34-25-17-12-18-26-34)53(63)28-35(30(3)40(50(53,5)6)43(45(59)51(36,44)7)67-39(57)20-9-2)65-49(62)42(58)41(32-21-13-10-14-22-32)54-47(60)33-23-15-11-16-24-33/h8-18,20-26,35-37,41-44,46,58,63H,1,19,27-29H2,2-7H3,(H,54,60)/b20-9+/t35-,36-,37+,41-,42+,43+,44-,46-,51+,52-,53+/m0/s1. The zero-order chi connectivity index (χ0) is 50.1. The molecule has 7 rings (SSSR count). The number of hydrogen-bond donors (Lipinski definition) is 3. The number of ketones is 1. The van der Waals surface area contributed by atoms with Crippen molar-refractivity contribution in [1.29, 1.82) is 0 Å². The highest BCUT2D eigenvalue weighted by molar-refractivity contribution is 5.97. The zero-order valence-corrected chi connectivity index (χ0v) is 39.2. The molecule has 16 nitrogen and oxygen atoms in total. The zero-order valence-electron chi connectivity index (χ0n) is 39.2. The smallest absolute Gasteiger partial charge is 0.338 e. The molecule has 1 amide bonds. The largest absolute Gasteiger partial charge is 0.461 e. The topological polar surface area (TPSA) is 227 Å². The molecule has 2 saturated carbocycles.